The second-order valence-corrected chi connectivity index (χ2v) is 4.20. The van der Waals surface area contributed by atoms with Gasteiger partial charge in [0, 0.05) is 18.2 Å². The largest absolute Gasteiger partial charge is 0.465 e. The van der Waals surface area contributed by atoms with Crippen LogP contribution in [-0.2, 0) is 9.53 Å². The summed E-state index contributed by atoms with van der Waals surface area (Å²) in [6.07, 6.45) is 2.80. The van der Waals surface area contributed by atoms with Gasteiger partial charge in [0.15, 0.2) is 0 Å². The molecule has 0 saturated heterocycles. The number of nitriles is 1. The van der Waals surface area contributed by atoms with Gasteiger partial charge in [-0.3, -0.25) is 4.79 Å². The topological polar surface area (TPSA) is 62.1 Å². The van der Waals surface area contributed by atoms with Crippen molar-refractivity contribution in [2.75, 3.05) is 5.32 Å². The van der Waals surface area contributed by atoms with Crippen molar-refractivity contribution in [1.82, 2.24) is 0 Å². The van der Waals surface area contributed by atoms with Crippen LogP contribution < -0.4 is 5.32 Å². The van der Waals surface area contributed by atoms with E-state index >= 15 is 0 Å². The average Bonchev–Trinajstić information content (AvgIpc) is 2.78. The molecule has 2 atom stereocenters. The van der Waals surface area contributed by atoms with Gasteiger partial charge in [-0.25, -0.2) is 0 Å². The molecule has 88 valence electrons. The SMILES string of the molecule is N#Cc1ccc(N[C@H]2CC[C@@H](OC=O)C2)cc1. The van der Waals surface area contributed by atoms with Crippen LogP contribution in [0.25, 0.3) is 0 Å². The predicted octanol–water partition coefficient (Wildman–Crippen LogP) is 2.06. The van der Waals surface area contributed by atoms with E-state index in [9.17, 15) is 4.79 Å². The molecule has 0 aromatic heterocycles. The first kappa shape index (κ1) is 11.5. The normalized spacial score (nSPS) is 22.8. The number of anilines is 1. The zero-order chi connectivity index (χ0) is 12.1. The molecule has 1 fully saturated rings. The second kappa shape index (κ2) is 5.35. The fourth-order valence-corrected chi connectivity index (χ4v) is 2.15. The standard InChI is InChI=1S/C13H14N2O2/c14-8-10-1-3-11(4-2-10)15-12-5-6-13(7-12)17-9-16/h1-4,9,12-13,15H,5-7H2/t12-,13+/m0/s1. The molecule has 0 bridgehead atoms. The highest BCUT2D eigenvalue weighted by Gasteiger charge is 2.25. The Morgan fingerprint density at radius 2 is 2.12 bits per heavy atom. The molecule has 1 saturated carbocycles. The fourth-order valence-electron chi connectivity index (χ4n) is 2.15. The summed E-state index contributed by atoms with van der Waals surface area (Å²) in [5, 5.41) is 12.1. The van der Waals surface area contributed by atoms with E-state index in [1.165, 1.54) is 0 Å². The van der Waals surface area contributed by atoms with E-state index in [0.717, 1.165) is 24.9 Å². The van der Waals surface area contributed by atoms with Crippen LogP contribution in [0.5, 0.6) is 0 Å². The third-order valence-electron chi connectivity index (χ3n) is 3.02. The lowest BCUT2D eigenvalue weighted by molar-refractivity contribution is -0.133. The summed E-state index contributed by atoms with van der Waals surface area (Å²) < 4.78 is 4.94. The molecule has 1 aromatic rings. The highest BCUT2D eigenvalue weighted by molar-refractivity contribution is 5.48. The Morgan fingerprint density at radius 1 is 1.35 bits per heavy atom. The zero-order valence-corrected chi connectivity index (χ0v) is 9.43. The van der Waals surface area contributed by atoms with E-state index in [1.54, 1.807) is 12.1 Å². The zero-order valence-electron chi connectivity index (χ0n) is 9.43. The third kappa shape index (κ3) is 2.97. The summed E-state index contributed by atoms with van der Waals surface area (Å²) in [7, 11) is 0. The summed E-state index contributed by atoms with van der Waals surface area (Å²) >= 11 is 0. The van der Waals surface area contributed by atoms with E-state index in [1.807, 2.05) is 12.1 Å². The third-order valence-corrected chi connectivity index (χ3v) is 3.02. The maximum Gasteiger partial charge on any atom is 0.293 e. The lowest BCUT2D eigenvalue weighted by atomic mass is 10.2. The van der Waals surface area contributed by atoms with E-state index in [4.69, 9.17) is 10.00 Å². The van der Waals surface area contributed by atoms with Crippen molar-refractivity contribution < 1.29 is 9.53 Å². The number of benzene rings is 1. The molecule has 1 aliphatic rings. The molecule has 1 aromatic carbocycles. The van der Waals surface area contributed by atoms with Gasteiger partial charge in [-0.2, -0.15) is 5.26 Å². The molecule has 4 nitrogen and oxygen atoms in total. The molecule has 0 unspecified atom stereocenters. The monoisotopic (exact) mass is 230 g/mol. The number of hydrogen-bond acceptors (Lipinski definition) is 4. The first-order valence-electron chi connectivity index (χ1n) is 5.67. The maximum atomic E-state index is 10.2. The van der Waals surface area contributed by atoms with Crippen LogP contribution in [0.3, 0.4) is 0 Å². The first-order chi connectivity index (χ1) is 8.31. The van der Waals surface area contributed by atoms with Crippen molar-refractivity contribution in [2.24, 2.45) is 0 Å². The van der Waals surface area contributed by atoms with Crippen molar-refractivity contribution in [2.45, 2.75) is 31.4 Å². The number of carbonyl (C=O) groups excluding carboxylic acids is 1. The van der Waals surface area contributed by atoms with E-state index in [-0.39, 0.29) is 6.10 Å². The summed E-state index contributed by atoms with van der Waals surface area (Å²) in [5.74, 6) is 0. The van der Waals surface area contributed by atoms with Gasteiger partial charge in [0.05, 0.1) is 11.6 Å². The van der Waals surface area contributed by atoms with Gasteiger partial charge in [-0.05, 0) is 37.1 Å². The van der Waals surface area contributed by atoms with Crippen molar-refractivity contribution in [3.8, 4) is 6.07 Å². The van der Waals surface area contributed by atoms with Gasteiger partial charge in [-0.1, -0.05) is 0 Å². The summed E-state index contributed by atoms with van der Waals surface area (Å²) in [4.78, 5) is 10.2. The lowest BCUT2D eigenvalue weighted by Crippen LogP contribution is -2.17. The molecular weight excluding hydrogens is 216 g/mol. The van der Waals surface area contributed by atoms with Crippen LogP contribution in [0.4, 0.5) is 5.69 Å². The van der Waals surface area contributed by atoms with Crippen molar-refractivity contribution >= 4 is 12.2 Å². The molecule has 0 radical (unpaired) electrons. The van der Waals surface area contributed by atoms with Crippen LogP contribution in [-0.4, -0.2) is 18.6 Å². The minimum Gasteiger partial charge on any atom is -0.465 e. The van der Waals surface area contributed by atoms with Crippen LogP contribution in [0.2, 0.25) is 0 Å². The quantitative estimate of drug-likeness (QED) is 0.804. The Morgan fingerprint density at radius 3 is 2.76 bits per heavy atom. The molecule has 1 N–H and O–H groups in total. The molecule has 1 aliphatic carbocycles. The Bertz CT molecular complexity index is 422. The highest BCUT2D eigenvalue weighted by Crippen LogP contribution is 2.24. The smallest absolute Gasteiger partial charge is 0.293 e. The van der Waals surface area contributed by atoms with E-state index in [0.29, 0.717) is 18.1 Å². The van der Waals surface area contributed by atoms with Crippen LogP contribution in [0.1, 0.15) is 24.8 Å². The van der Waals surface area contributed by atoms with Gasteiger partial charge < -0.3 is 10.1 Å². The summed E-state index contributed by atoms with van der Waals surface area (Å²) in [6.45, 7) is 0.523. The minimum absolute atomic E-state index is 0.0448. The number of nitrogens with zero attached hydrogens (tertiary/aromatic N) is 1. The molecule has 0 aliphatic heterocycles. The maximum absolute atomic E-state index is 10.2. The number of nitrogens with one attached hydrogen (secondary N) is 1. The van der Waals surface area contributed by atoms with Gasteiger partial charge >= 0.3 is 0 Å². The van der Waals surface area contributed by atoms with Crippen LogP contribution in [0, 0.1) is 11.3 Å². The van der Waals surface area contributed by atoms with Crippen LogP contribution in [0.15, 0.2) is 24.3 Å². The molecule has 0 heterocycles. The van der Waals surface area contributed by atoms with Gasteiger partial charge in [0.25, 0.3) is 6.47 Å². The number of carbonyl (C=O) groups is 1. The Hall–Kier alpha value is -2.02. The molecule has 17 heavy (non-hydrogen) atoms. The predicted molar refractivity (Wildman–Crippen MR) is 63.4 cm³/mol. The fraction of sp³-hybridized carbons (Fsp3) is 0.385. The average molecular weight is 230 g/mol. The number of hydrogen-bond donors (Lipinski definition) is 1. The van der Waals surface area contributed by atoms with E-state index < -0.39 is 0 Å². The number of rotatable bonds is 4. The second-order valence-electron chi connectivity index (χ2n) is 4.20. The molecular formula is C13H14N2O2. The minimum atomic E-state index is 0.0448. The lowest BCUT2D eigenvalue weighted by Gasteiger charge is -2.14. The van der Waals surface area contributed by atoms with Crippen molar-refractivity contribution in [3.63, 3.8) is 0 Å². The molecule has 0 spiro atoms. The Balaban J connectivity index is 1.89. The van der Waals surface area contributed by atoms with Crippen LogP contribution >= 0.6 is 0 Å². The van der Waals surface area contributed by atoms with Crippen molar-refractivity contribution in [3.05, 3.63) is 29.8 Å². The Labute approximate surface area is 100 Å². The van der Waals surface area contributed by atoms with Gasteiger partial charge in [0.1, 0.15) is 6.10 Å². The Kier molecular flexibility index (Phi) is 3.61. The summed E-state index contributed by atoms with van der Waals surface area (Å²) in [5.41, 5.74) is 1.66. The van der Waals surface area contributed by atoms with Gasteiger partial charge in [0.2, 0.25) is 0 Å². The first-order valence-corrected chi connectivity index (χ1v) is 5.67. The highest BCUT2D eigenvalue weighted by atomic mass is 16.5. The molecule has 2 rings (SSSR count). The van der Waals surface area contributed by atoms with Crippen molar-refractivity contribution in [1.29, 1.82) is 5.26 Å². The number of ether oxygens (including phenoxy) is 1. The van der Waals surface area contributed by atoms with Gasteiger partial charge in [-0.15, -0.1) is 0 Å². The molecule has 0 amide bonds. The molecule has 4 heteroatoms. The van der Waals surface area contributed by atoms with E-state index in [2.05, 4.69) is 11.4 Å². The summed E-state index contributed by atoms with van der Waals surface area (Å²) in [6, 6.07) is 9.79.